The quantitative estimate of drug-likeness (QED) is 0.181. The van der Waals surface area contributed by atoms with Gasteiger partial charge in [0, 0.05) is 12.3 Å². The molecular formula is C34H36N6O7. The standard InChI is InChI=1S/C34H36N6O7/c1-20(2)30(42)36-33-35-29-28(31(43)37-33)38-39-40(29)32-27(41)18-26(47-32)19-46-34(21-8-6-5-7-9-21,22-10-14-24(44-3)15-11-22)23-12-16-25(45-4)17-13-23/h5-17,20,26-27,32,41H,18-19H2,1-4H3,(H2,35,36,37,42,43)/t26-,27+,32+/m0/s1. The van der Waals surface area contributed by atoms with Crippen LogP contribution in [0.5, 0.6) is 11.5 Å². The zero-order valence-corrected chi connectivity index (χ0v) is 26.4. The Bertz CT molecular complexity index is 1840. The van der Waals surface area contributed by atoms with Crippen molar-refractivity contribution in [2.75, 3.05) is 26.1 Å². The van der Waals surface area contributed by atoms with Gasteiger partial charge >= 0.3 is 0 Å². The Morgan fingerprint density at radius 2 is 1.60 bits per heavy atom. The largest absolute Gasteiger partial charge is 0.497 e. The van der Waals surface area contributed by atoms with Crippen LogP contribution in [0, 0.1) is 5.92 Å². The van der Waals surface area contributed by atoms with Gasteiger partial charge in [0.25, 0.3) is 5.56 Å². The Morgan fingerprint density at radius 3 is 2.17 bits per heavy atom. The minimum atomic E-state index is -1.08. The van der Waals surface area contributed by atoms with Crippen molar-refractivity contribution < 1.29 is 28.8 Å². The van der Waals surface area contributed by atoms with Crippen molar-refractivity contribution in [1.29, 1.82) is 0 Å². The highest BCUT2D eigenvalue weighted by Gasteiger charge is 2.42. The van der Waals surface area contributed by atoms with Gasteiger partial charge < -0.3 is 24.1 Å². The topological polar surface area (TPSA) is 163 Å². The number of rotatable bonds is 11. The molecule has 0 radical (unpaired) electrons. The summed E-state index contributed by atoms with van der Waals surface area (Å²) in [5.74, 6) is 0.698. The van der Waals surface area contributed by atoms with Crippen molar-refractivity contribution in [2.24, 2.45) is 5.92 Å². The molecular weight excluding hydrogens is 604 g/mol. The van der Waals surface area contributed by atoms with Crippen LogP contribution in [0.4, 0.5) is 5.95 Å². The maximum absolute atomic E-state index is 12.7. The predicted molar refractivity (Wildman–Crippen MR) is 172 cm³/mol. The monoisotopic (exact) mass is 640 g/mol. The summed E-state index contributed by atoms with van der Waals surface area (Å²) in [6, 6.07) is 25.2. The number of carbonyl (C=O) groups excluding carboxylic acids is 1. The average molecular weight is 641 g/mol. The number of methoxy groups -OCH3 is 2. The highest BCUT2D eigenvalue weighted by Crippen LogP contribution is 2.42. The second kappa shape index (κ2) is 13.3. The molecule has 2 aromatic heterocycles. The van der Waals surface area contributed by atoms with Crippen molar-refractivity contribution in [3.05, 3.63) is 106 Å². The molecule has 13 nitrogen and oxygen atoms in total. The lowest BCUT2D eigenvalue weighted by Crippen LogP contribution is -2.35. The summed E-state index contributed by atoms with van der Waals surface area (Å²) in [4.78, 5) is 31.8. The van der Waals surface area contributed by atoms with E-state index in [4.69, 9.17) is 18.9 Å². The van der Waals surface area contributed by atoms with Crippen LogP contribution >= 0.6 is 0 Å². The normalized spacial score (nSPS) is 18.0. The second-order valence-electron chi connectivity index (χ2n) is 11.5. The van der Waals surface area contributed by atoms with E-state index in [2.05, 4.69) is 25.6 Å². The molecule has 1 aliphatic heterocycles. The van der Waals surface area contributed by atoms with Crippen molar-refractivity contribution in [2.45, 2.75) is 44.3 Å². The number of nitrogens with zero attached hydrogens (tertiary/aromatic N) is 4. The Labute approximate surface area is 270 Å². The number of amides is 1. The van der Waals surface area contributed by atoms with Gasteiger partial charge in [-0.3, -0.25) is 19.9 Å². The number of carbonyl (C=O) groups is 1. The minimum Gasteiger partial charge on any atom is -0.497 e. The van der Waals surface area contributed by atoms with Gasteiger partial charge in [-0.05, 0) is 41.0 Å². The van der Waals surface area contributed by atoms with E-state index in [1.165, 1.54) is 4.68 Å². The number of aliphatic hydroxyl groups is 1. The molecule has 0 unspecified atom stereocenters. The van der Waals surface area contributed by atoms with Crippen LogP contribution in [0.2, 0.25) is 0 Å². The first-order valence-electron chi connectivity index (χ1n) is 15.2. The van der Waals surface area contributed by atoms with E-state index in [-0.39, 0.29) is 42.0 Å². The van der Waals surface area contributed by atoms with Crippen LogP contribution in [-0.4, -0.2) is 69.0 Å². The van der Waals surface area contributed by atoms with E-state index >= 15 is 0 Å². The van der Waals surface area contributed by atoms with Crippen LogP contribution in [0.1, 0.15) is 43.2 Å². The molecule has 1 fully saturated rings. The van der Waals surface area contributed by atoms with Crippen LogP contribution in [0.3, 0.4) is 0 Å². The molecule has 0 aliphatic carbocycles. The van der Waals surface area contributed by atoms with Crippen LogP contribution in [0.15, 0.2) is 83.7 Å². The van der Waals surface area contributed by atoms with E-state index < -0.39 is 29.6 Å². The summed E-state index contributed by atoms with van der Waals surface area (Å²) in [6.45, 7) is 3.52. The van der Waals surface area contributed by atoms with E-state index in [1.807, 2.05) is 78.9 Å². The van der Waals surface area contributed by atoms with Gasteiger partial charge in [-0.15, -0.1) is 5.10 Å². The molecule has 1 aliphatic rings. The van der Waals surface area contributed by atoms with Crippen LogP contribution in [0.25, 0.3) is 11.2 Å². The Kier molecular flexibility index (Phi) is 9.03. The first-order valence-corrected chi connectivity index (χ1v) is 15.2. The SMILES string of the molecule is COc1ccc(C(OC[C@@H]2C[C@@H](O)[C@H](n3nnc4c(=O)[nH]c(NC(=O)C(C)C)nc43)O2)(c2ccccc2)c2ccc(OC)cc2)cc1. The molecule has 13 heteroatoms. The van der Waals surface area contributed by atoms with Crippen molar-refractivity contribution in [3.63, 3.8) is 0 Å². The molecule has 3 N–H and O–H groups in total. The highest BCUT2D eigenvalue weighted by molar-refractivity contribution is 5.91. The van der Waals surface area contributed by atoms with Gasteiger partial charge in [-0.1, -0.05) is 73.7 Å². The number of hydrogen-bond acceptors (Lipinski definition) is 10. The van der Waals surface area contributed by atoms with Crippen LogP contribution in [-0.2, 0) is 19.9 Å². The fraction of sp³-hybridized carbons (Fsp3) is 0.324. The van der Waals surface area contributed by atoms with Gasteiger partial charge in [0.2, 0.25) is 11.9 Å². The molecule has 3 aromatic carbocycles. The molecule has 3 heterocycles. The van der Waals surface area contributed by atoms with Gasteiger partial charge in [0.05, 0.1) is 26.9 Å². The molecule has 6 rings (SSSR count). The molecule has 1 saturated heterocycles. The van der Waals surface area contributed by atoms with Gasteiger partial charge in [-0.25, -0.2) is 0 Å². The summed E-state index contributed by atoms with van der Waals surface area (Å²) >= 11 is 0. The fourth-order valence-corrected chi connectivity index (χ4v) is 5.68. The molecule has 5 aromatic rings. The first-order chi connectivity index (χ1) is 22.7. The number of hydrogen-bond donors (Lipinski definition) is 3. The first kappa shape index (κ1) is 31.9. The summed E-state index contributed by atoms with van der Waals surface area (Å²) in [7, 11) is 3.23. The van der Waals surface area contributed by atoms with Gasteiger partial charge in [0.15, 0.2) is 17.4 Å². The summed E-state index contributed by atoms with van der Waals surface area (Å²) < 4.78 is 25.4. The number of anilines is 1. The van der Waals surface area contributed by atoms with Crippen molar-refractivity contribution in [3.8, 4) is 11.5 Å². The maximum Gasteiger partial charge on any atom is 0.282 e. The van der Waals surface area contributed by atoms with Crippen molar-refractivity contribution >= 4 is 23.0 Å². The number of aromatic nitrogens is 5. The molecule has 0 spiro atoms. The lowest BCUT2D eigenvalue weighted by atomic mass is 9.80. The Balaban J connectivity index is 1.33. The fourth-order valence-electron chi connectivity index (χ4n) is 5.68. The number of fused-ring (bicyclic) bond motifs is 1. The number of ether oxygens (including phenoxy) is 4. The molecule has 0 bridgehead atoms. The third-order valence-corrected chi connectivity index (χ3v) is 8.17. The number of benzene rings is 3. The van der Waals surface area contributed by atoms with E-state index in [0.29, 0.717) is 11.5 Å². The van der Waals surface area contributed by atoms with E-state index in [1.54, 1.807) is 28.1 Å². The maximum atomic E-state index is 12.7. The highest BCUT2D eigenvalue weighted by atomic mass is 16.6. The van der Waals surface area contributed by atoms with Gasteiger partial charge in [-0.2, -0.15) is 9.67 Å². The molecule has 0 saturated carbocycles. The predicted octanol–water partition coefficient (Wildman–Crippen LogP) is 3.78. The number of nitrogens with one attached hydrogen (secondary N) is 2. The lowest BCUT2D eigenvalue weighted by molar-refractivity contribution is -0.118. The summed E-state index contributed by atoms with van der Waals surface area (Å²) in [5, 5.41) is 21.8. The third-order valence-electron chi connectivity index (χ3n) is 8.17. The zero-order valence-electron chi connectivity index (χ0n) is 26.4. The van der Waals surface area contributed by atoms with Gasteiger partial charge in [0.1, 0.15) is 23.2 Å². The second-order valence-corrected chi connectivity index (χ2v) is 11.5. The van der Waals surface area contributed by atoms with E-state index in [0.717, 1.165) is 16.7 Å². The number of aromatic amines is 1. The molecule has 244 valence electrons. The smallest absolute Gasteiger partial charge is 0.282 e. The Hall–Kier alpha value is -5.11. The molecule has 1 amide bonds. The van der Waals surface area contributed by atoms with E-state index in [9.17, 15) is 14.7 Å². The van der Waals surface area contributed by atoms with Crippen LogP contribution < -0.4 is 20.3 Å². The minimum absolute atomic E-state index is 0.0508. The molecule has 47 heavy (non-hydrogen) atoms. The summed E-state index contributed by atoms with van der Waals surface area (Å²) in [6.07, 6.45) is -2.39. The third kappa shape index (κ3) is 6.20. The lowest BCUT2D eigenvalue weighted by Gasteiger charge is -2.37. The van der Waals surface area contributed by atoms with Crippen molar-refractivity contribution in [1.82, 2.24) is 25.0 Å². The number of aliphatic hydroxyl groups excluding tert-OH is 1. The molecule has 3 atom stereocenters. The Morgan fingerprint density at radius 1 is 1.00 bits per heavy atom. The average Bonchev–Trinajstić information content (AvgIpc) is 3.68. The zero-order chi connectivity index (χ0) is 33.1. The summed E-state index contributed by atoms with van der Waals surface area (Å²) in [5.41, 5.74) is 0.938. The number of H-pyrrole nitrogens is 1.